The second kappa shape index (κ2) is 30.1. The van der Waals surface area contributed by atoms with Crippen molar-refractivity contribution in [3.8, 4) is 0 Å². The van der Waals surface area contributed by atoms with Gasteiger partial charge in [-0.3, -0.25) is 4.79 Å². The van der Waals surface area contributed by atoms with Gasteiger partial charge in [0.05, 0.1) is 56.8 Å². The van der Waals surface area contributed by atoms with E-state index >= 15 is 0 Å². The highest BCUT2D eigenvalue weighted by Crippen LogP contribution is 2.35. The molecule has 12 atom stereocenters. The molecule has 5 aromatic carbocycles. The second-order valence-corrected chi connectivity index (χ2v) is 19.0. The van der Waals surface area contributed by atoms with Crippen molar-refractivity contribution in [2.24, 2.45) is 0 Å². The fourth-order valence-corrected chi connectivity index (χ4v) is 9.28. The molecule has 3 fully saturated rings. The highest BCUT2D eigenvalue weighted by atomic mass is 16.8. The molecule has 0 unspecified atom stereocenters. The minimum absolute atomic E-state index is 0.0457. The predicted molar refractivity (Wildman–Crippen MR) is 278 cm³/mol. The molecule has 2 N–H and O–H groups in total. The summed E-state index contributed by atoms with van der Waals surface area (Å²) >= 11 is 0. The molecule has 3 aliphatic heterocycles. The van der Waals surface area contributed by atoms with Crippen LogP contribution in [-0.4, -0.2) is 141 Å². The summed E-state index contributed by atoms with van der Waals surface area (Å²) in [7, 11) is 1.39. The van der Waals surface area contributed by atoms with Crippen LogP contribution in [0.2, 0.25) is 0 Å². The van der Waals surface area contributed by atoms with Gasteiger partial charge in [-0.05, 0) is 60.4 Å². The Morgan fingerprint density at radius 1 is 0.436 bits per heavy atom. The van der Waals surface area contributed by atoms with E-state index < -0.39 is 98.3 Å². The molecule has 3 heterocycles. The van der Waals surface area contributed by atoms with Crippen LogP contribution in [0, 0.1) is 0 Å². The van der Waals surface area contributed by atoms with Gasteiger partial charge in [0, 0.05) is 13.0 Å². The number of hydrogen-bond donors (Lipinski definition) is 2. The topological polar surface area (TPSA) is 219 Å². The third kappa shape index (κ3) is 16.3. The van der Waals surface area contributed by atoms with Gasteiger partial charge in [0.2, 0.25) is 0 Å². The molecule has 18 nitrogen and oxygen atoms in total. The molecule has 0 amide bonds. The Balaban J connectivity index is 1.04. The van der Waals surface area contributed by atoms with Gasteiger partial charge in [-0.1, -0.05) is 141 Å². The van der Waals surface area contributed by atoms with Gasteiger partial charge in [-0.25, -0.2) is 14.4 Å². The van der Waals surface area contributed by atoms with E-state index in [-0.39, 0.29) is 50.1 Å². The molecule has 3 saturated heterocycles. The van der Waals surface area contributed by atoms with Crippen LogP contribution in [0.15, 0.2) is 152 Å². The molecule has 416 valence electrons. The van der Waals surface area contributed by atoms with Crippen LogP contribution in [0.3, 0.4) is 0 Å². The average molecular weight is 1080 g/mol. The number of benzene rings is 5. The van der Waals surface area contributed by atoms with Crippen molar-refractivity contribution < 1.29 is 86.2 Å². The first kappa shape index (κ1) is 57.7. The molecule has 8 rings (SSSR count). The Hall–Kier alpha value is -6.42. The third-order valence-electron chi connectivity index (χ3n) is 13.5. The summed E-state index contributed by atoms with van der Waals surface area (Å²) in [6.45, 7) is -0.781. The number of unbranched alkanes of at least 4 members (excludes halogenated alkanes) is 5. The molecule has 0 aliphatic carbocycles. The summed E-state index contributed by atoms with van der Waals surface area (Å²) < 4.78 is 74.6. The van der Waals surface area contributed by atoms with Crippen molar-refractivity contribution >= 4 is 23.9 Å². The zero-order valence-electron chi connectivity index (χ0n) is 43.5. The maximum absolute atomic E-state index is 14.0. The Labute approximate surface area is 453 Å². The number of carbonyl (C=O) groups excluding carboxylic acids is 4. The largest absolute Gasteiger partial charge is 0.469 e. The van der Waals surface area contributed by atoms with Crippen molar-refractivity contribution in [2.45, 2.75) is 132 Å². The standard InChI is InChI=1S/C60H68O18/c1-67-48(62)33-21-4-2-3-5-22-34-68-59-53(77-56(65)43-29-17-9-18-30-43)50(69-36-40-23-11-6-12-24-40)46(74-59)39-72-60-54(78-57(66)44-31-19-10-20-32-44)51(70-37-41-25-13-7-14-26-41)47(75-60)38-71-58-52(49(63)45(35-61)73-58)76-55(64)42-27-15-8-16-28-42/h6-20,23-32,45-47,49-54,58-61,63H,2-5,21-22,33-39H2,1H3/t45-,46-,47-,49-,50-,51-,52+,53+,54+,58+,59+,60+/m1/s1. The number of aliphatic hydroxyl groups excluding tert-OH is 2. The molecule has 0 bridgehead atoms. The highest BCUT2D eigenvalue weighted by Gasteiger charge is 2.54. The Bertz CT molecular complexity index is 2580. The molecule has 5 aromatic rings. The van der Waals surface area contributed by atoms with Crippen LogP contribution in [-0.2, 0) is 74.9 Å². The van der Waals surface area contributed by atoms with Gasteiger partial charge in [0.25, 0.3) is 0 Å². The summed E-state index contributed by atoms with van der Waals surface area (Å²) in [4.78, 5) is 52.7. The molecular weight excluding hydrogens is 1010 g/mol. The maximum Gasteiger partial charge on any atom is 0.338 e. The molecule has 0 spiro atoms. The number of methoxy groups -OCH3 is 1. The zero-order chi connectivity index (χ0) is 54.5. The van der Waals surface area contributed by atoms with Crippen molar-refractivity contribution in [3.63, 3.8) is 0 Å². The van der Waals surface area contributed by atoms with Crippen LogP contribution >= 0.6 is 0 Å². The first-order valence-electron chi connectivity index (χ1n) is 26.4. The van der Waals surface area contributed by atoms with Crippen LogP contribution in [0.1, 0.15) is 87.1 Å². The summed E-state index contributed by atoms with van der Waals surface area (Å²) in [5.74, 6) is -2.28. The molecule has 0 aromatic heterocycles. The molecule has 3 aliphatic rings. The van der Waals surface area contributed by atoms with E-state index in [2.05, 4.69) is 0 Å². The first-order chi connectivity index (χ1) is 38.2. The SMILES string of the molecule is COC(=O)CCCCCCCCO[C@H]1O[C@H](CO[C@H]2O[C@H](CO[C@H]3O[C@H](CO)[C@@H](O)[C@@H]3OC(=O)c3ccccc3)[C@@H](OCc3ccccc3)[C@@H]2OC(=O)c2ccccc2)[C@@H](OCc2ccccc2)[C@@H]1OC(=O)c1ccccc1. The van der Waals surface area contributed by atoms with Gasteiger partial charge in [0.15, 0.2) is 37.2 Å². The molecule has 78 heavy (non-hydrogen) atoms. The van der Waals surface area contributed by atoms with Gasteiger partial charge in [-0.2, -0.15) is 0 Å². The lowest BCUT2D eigenvalue weighted by atomic mass is 10.1. The van der Waals surface area contributed by atoms with Crippen LogP contribution in [0.4, 0.5) is 0 Å². The van der Waals surface area contributed by atoms with E-state index in [9.17, 15) is 29.4 Å². The molecule has 0 saturated carbocycles. The summed E-state index contributed by atoms with van der Waals surface area (Å²) in [6, 6.07) is 43.9. The monoisotopic (exact) mass is 1080 g/mol. The van der Waals surface area contributed by atoms with Gasteiger partial charge >= 0.3 is 23.9 Å². The molecule has 18 heteroatoms. The van der Waals surface area contributed by atoms with E-state index in [4.69, 9.17) is 56.8 Å². The minimum atomic E-state index is -1.46. The van der Waals surface area contributed by atoms with E-state index in [1.807, 2.05) is 60.7 Å². The zero-order valence-corrected chi connectivity index (χ0v) is 43.5. The first-order valence-corrected chi connectivity index (χ1v) is 26.4. The Kier molecular flexibility index (Phi) is 22.3. The number of ether oxygens (including phenoxy) is 12. The van der Waals surface area contributed by atoms with Crippen LogP contribution < -0.4 is 0 Å². The lowest BCUT2D eigenvalue weighted by Crippen LogP contribution is -2.44. The van der Waals surface area contributed by atoms with Crippen molar-refractivity contribution in [1.82, 2.24) is 0 Å². The van der Waals surface area contributed by atoms with Crippen LogP contribution in [0.5, 0.6) is 0 Å². The Morgan fingerprint density at radius 2 is 0.808 bits per heavy atom. The minimum Gasteiger partial charge on any atom is -0.469 e. The van der Waals surface area contributed by atoms with Crippen LogP contribution in [0.25, 0.3) is 0 Å². The van der Waals surface area contributed by atoms with Gasteiger partial charge in [-0.15, -0.1) is 0 Å². The lowest BCUT2D eigenvalue weighted by Gasteiger charge is -2.27. The van der Waals surface area contributed by atoms with E-state index in [0.717, 1.165) is 43.2 Å². The van der Waals surface area contributed by atoms with E-state index in [0.29, 0.717) is 18.4 Å². The maximum atomic E-state index is 14.0. The number of rotatable bonds is 29. The summed E-state index contributed by atoms with van der Waals surface area (Å²) in [5.41, 5.74) is 2.43. The van der Waals surface area contributed by atoms with E-state index in [1.54, 1.807) is 91.0 Å². The number of esters is 4. The number of aliphatic hydroxyl groups is 2. The molecule has 0 radical (unpaired) electrons. The number of carbonyl (C=O) groups is 4. The average Bonchev–Trinajstić information content (AvgIpc) is 4.11. The highest BCUT2D eigenvalue weighted by molar-refractivity contribution is 5.90. The normalized spacial score (nSPS) is 25.6. The van der Waals surface area contributed by atoms with Gasteiger partial charge in [0.1, 0.15) is 36.6 Å². The summed E-state index contributed by atoms with van der Waals surface area (Å²) in [5, 5.41) is 21.3. The van der Waals surface area contributed by atoms with Crippen molar-refractivity contribution in [2.75, 3.05) is 33.5 Å². The van der Waals surface area contributed by atoms with Crippen molar-refractivity contribution in [1.29, 1.82) is 0 Å². The Morgan fingerprint density at radius 3 is 1.24 bits per heavy atom. The van der Waals surface area contributed by atoms with E-state index in [1.165, 1.54) is 7.11 Å². The second-order valence-electron chi connectivity index (χ2n) is 19.0. The lowest BCUT2D eigenvalue weighted by molar-refractivity contribution is -0.219. The van der Waals surface area contributed by atoms with Crippen molar-refractivity contribution in [3.05, 3.63) is 179 Å². The molecular formula is C60H68O18. The predicted octanol–water partition coefficient (Wildman–Crippen LogP) is 7.32. The summed E-state index contributed by atoms with van der Waals surface area (Å²) in [6.07, 6.45) is -8.82. The van der Waals surface area contributed by atoms with Gasteiger partial charge < -0.3 is 67.1 Å². The fraction of sp³-hybridized carbons (Fsp3) is 0.433. The third-order valence-corrected chi connectivity index (χ3v) is 13.5. The smallest absolute Gasteiger partial charge is 0.338 e. The number of hydrogen-bond acceptors (Lipinski definition) is 18. The quantitative estimate of drug-likeness (QED) is 0.0272. The fourth-order valence-electron chi connectivity index (χ4n) is 9.28.